The Morgan fingerprint density at radius 3 is 2.83 bits per heavy atom. The fourth-order valence-corrected chi connectivity index (χ4v) is 6.42. The first-order valence-corrected chi connectivity index (χ1v) is 13.7. The summed E-state index contributed by atoms with van der Waals surface area (Å²) in [5, 5.41) is 5.70. The van der Waals surface area contributed by atoms with Crippen LogP contribution in [-0.2, 0) is 17.6 Å². The summed E-state index contributed by atoms with van der Waals surface area (Å²) < 4.78 is 7.14. The number of aromatic nitrogens is 2. The zero-order valence-corrected chi connectivity index (χ0v) is 21.9. The number of thiophene rings is 1. The van der Waals surface area contributed by atoms with Gasteiger partial charge in [-0.05, 0) is 62.1 Å². The number of hydrogen-bond acceptors (Lipinski definition) is 7. The molecule has 0 atom stereocenters. The predicted octanol–water partition coefficient (Wildman–Crippen LogP) is 5.23. The van der Waals surface area contributed by atoms with Gasteiger partial charge >= 0.3 is 0 Å². The van der Waals surface area contributed by atoms with Crippen molar-refractivity contribution in [2.24, 2.45) is 5.10 Å². The van der Waals surface area contributed by atoms with Crippen LogP contribution in [0.25, 0.3) is 15.9 Å². The van der Waals surface area contributed by atoms with Crippen molar-refractivity contribution in [3.63, 3.8) is 0 Å². The number of amides is 1. The Hall–Kier alpha value is -3.14. The molecule has 184 valence electrons. The van der Waals surface area contributed by atoms with Crippen LogP contribution in [-0.4, -0.2) is 34.0 Å². The van der Waals surface area contributed by atoms with Crippen LogP contribution >= 0.6 is 34.7 Å². The Labute approximate surface area is 221 Å². The Bertz CT molecular complexity index is 1510. The third-order valence-corrected chi connectivity index (χ3v) is 8.21. The third kappa shape index (κ3) is 5.04. The zero-order chi connectivity index (χ0) is 25.1. The number of carbonyl (C=O) groups excluding carboxylic acids is 1. The summed E-state index contributed by atoms with van der Waals surface area (Å²) in [6.07, 6.45) is 4.43. The number of benzene rings is 2. The van der Waals surface area contributed by atoms with E-state index >= 15 is 0 Å². The molecule has 0 saturated carbocycles. The van der Waals surface area contributed by atoms with E-state index in [2.05, 4.69) is 10.5 Å². The van der Waals surface area contributed by atoms with Gasteiger partial charge in [-0.25, -0.2) is 10.4 Å². The number of hydrazone groups is 1. The first-order chi connectivity index (χ1) is 17.5. The summed E-state index contributed by atoms with van der Waals surface area (Å²) >= 11 is 8.90. The van der Waals surface area contributed by atoms with Gasteiger partial charge in [0, 0.05) is 15.5 Å². The molecule has 36 heavy (non-hydrogen) atoms. The second kappa shape index (κ2) is 10.9. The molecule has 1 aliphatic rings. The maximum Gasteiger partial charge on any atom is 0.267 e. The molecule has 0 spiro atoms. The Morgan fingerprint density at radius 1 is 1.25 bits per heavy atom. The number of fused-ring (bicyclic) bond motifs is 3. The quantitative estimate of drug-likeness (QED) is 0.144. The van der Waals surface area contributed by atoms with Crippen molar-refractivity contribution in [3.05, 3.63) is 79.9 Å². The van der Waals surface area contributed by atoms with Gasteiger partial charge in [-0.2, -0.15) is 5.10 Å². The van der Waals surface area contributed by atoms with Gasteiger partial charge in [0.25, 0.3) is 11.5 Å². The highest BCUT2D eigenvalue weighted by molar-refractivity contribution is 7.99. The molecule has 2 heterocycles. The van der Waals surface area contributed by atoms with E-state index in [0.717, 1.165) is 35.4 Å². The average Bonchev–Trinajstić information content (AvgIpc) is 3.46. The summed E-state index contributed by atoms with van der Waals surface area (Å²) in [5.41, 5.74) is 4.91. The van der Waals surface area contributed by atoms with Gasteiger partial charge < -0.3 is 4.74 Å². The van der Waals surface area contributed by atoms with Crippen molar-refractivity contribution in [1.29, 1.82) is 0 Å². The third-order valence-electron chi connectivity index (χ3n) is 5.74. The van der Waals surface area contributed by atoms with Crippen molar-refractivity contribution >= 4 is 57.0 Å². The molecule has 0 unspecified atom stereocenters. The number of thioether (sulfide) groups is 1. The summed E-state index contributed by atoms with van der Waals surface area (Å²) in [4.78, 5) is 33.0. The van der Waals surface area contributed by atoms with Gasteiger partial charge in [0.15, 0.2) is 5.16 Å². The van der Waals surface area contributed by atoms with E-state index in [1.54, 1.807) is 28.0 Å². The van der Waals surface area contributed by atoms with Gasteiger partial charge in [0.05, 0.1) is 29.6 Å². The van der Waals surface area contributed by atoms with Crippen LogP contribution in [0.15, 0.2) is 63.6 Å². The summed E-state index contributed by atoms with van der Waals surface area (Å²) in [7, 11) is 0. The monoisotopic (exact) mass is 538 g/mol. The molecular formula is C26H23ClN4O3S2. The van der Waals surface area contributed by atoms with Crippen LogP contribution in [0.4, 0.5) is 0 Å². The van der Waals surface area contributed by atoms with Gasteiger partial charge in [-0.3, -0.25) is 14.2 Å². The lowest BCUT2D eigenvalue weighted by molar-refractivity contribution is -0.118. The van der Waals surface area contributed by atoms with Crippen molar-refractivity contribution in [3.8, 4) is 11.4 Å². The number of nitrogens with zero attached hydrogens (tertiary/aromatic N) is 3. The Morgan fingerprint density at radius 2 is 2.06 bits per heavy atom. The molecule has 0 saturated heterocycles. The van der Waals surface area contributed by atoms with E-state index in [4.69, 9.17) is 21.3 Å². The molecule has 0 fully saturated rings. The molecule has 5 rings (SSSR count). The molecule has 1 amide bonds. The van der Waals surface area contributed by atoms with Crippen LogP contribution in [0, 0.1) is 0 Å². The molecule has 1 aliphatic carbocycles. The first kappa shape index (κ1) is 24.5. The number of carbonyl (C=O) groups is 1. The normalized spacial score (nSPS) is 12.8. The van der Waals surface area contributed by atoms with E-state index in [9.17, 15) is 9.59 Å². The second-order valence-corrected chi connectivity index (χ2v) is 10.5. The number of aryl methyl sites for hydroxylation is 2. The zero-order valence-electron chi connectivity index (χ0n) is 19.5. The topological polar surface area (TPSA) is 85.6 Å². The lowest BCUT2D eigenvalue weighted by Gasteiger charge is -2.13. The highest BCUT2D eigenvalue weighted by Gasteiger charge is 2.24. The predicted molar refractivity (Wildman–Crippen MR) is 146 cm³/mol. The van der Waals surface area contributed by atoms with Crippen LogP contribution < -0.4 is 15.7 Å². The van der Waals surface area contributed by atoms with E-state index in [0.29, 0.717) is 33.4 Å². The average molecular weight is 539 g/mol. The summed E-state index contributed by atoms with van der Waals surface area (Å²) in [6.45, 7) is 2.48. The van der Waals surface area contributed by atoms with Crippen molar-refractivity contribution in [1.82, 2.24) is 15.0 Å². The molecular weight excluding hydrogens is 516 g/mol. The van der Waals surface area contributed by atoms with E-state index in [1.807, 2.05) is 43.3 Å². The maximum absolute atomic E-state index is 13.7. The van der Waals surface area contributed by atoms with Crippen LogP contribution in [0.3, 0.4) is 0 Å². The van der Waals surface area contributed by atoms with Gasteiger partial charge in [0.2, 0.25) is 0 Å². The van der Waals surface area contributed by atoms with Crippen molar-refractivity contribution in [2.45, 2.75) is 31.3 Å². The number of hydrogen-bond donors (Lipinski definition) is 1. The second-order valence-electron chi connectivity index (χ2n) is 8.10. The minimum Gasteiger partial charge on any atom is -0.494 e. The van der Waals surface area contributed by atoms with Crippen molar-refractivity contribution in [2.75, 3.05) is 12.4 Å². The fourth-order valence-electron chi connectivity index (χ4n) is 4.12. The minimum absolute atomic E-state index is 0.0416. The smallest absolute Gasteiger partial charge is 0.267 e. The largest absolute Gasteiger partial charge is 0.494 e. The Kier molecular flexibility index (Phi) is 7.41. The van der Waals surface area contributed by atoms with Crippen LogP contribution in [0.2, 0.25) is 5.02 Å². The van der Waals surface area contributed by atoms with E-state index in [-0.39, 0.29) is 17.2 Å². The van der Waals surface area contributed by atoms with Crippen LogP contribution in [0.5, 0.6) is 5.75 Å². The SMILES string of the molecule is CCOc1ccc(-n2c(SCC(=O)NN=Cc3ccccc3Cl)nc3sc4c(c3c2=O)CCC4)cc1. The van der Waals surface area contributed by atoms with Crippen LogP contribution in [0.1, 0.15) is 29.3 Å². The molecule has 0 aliphatic heterocycles. The number of halogens is 1. The highest BCUT2D eigenvalue weighted by atomic mass is 35.5. The number of nitrogens with one attached hydrogen (secondary N) is 1. The molecule has 0 bridgehead atoms. The lowest BCUT2D eigenvalue weighted by atomic mass is 10.2. The fraction of sp³-hybridized carbons (Fsp3) is 0.231. The number of rotatable bonds is 8. The maximum atomic E-state index is 13.7. The molecule has 10 heteroatoms. The summed E-state index contributed by atoms with van der Waals surface area (Å²) in [5.74, 6) is 0.453. The summed E-state index contributed by atoms with van der Waals surface area (Å²) in [6, 6.07) is 14.6. The van der Waals surface area contributed by atoms with Gasteiger partial charge in [0.1, 0.15) is 10.6 Å². The standard InChI is InChI=1S/C26H23ClN4O3S2/c1-2-34-18-12-10-17(11-13-18)31-25(33)23-19-7-5-9-21(19)36-24(23)29-26(31)35-15-22(32)30-28-14-16-6-3-4-8-20(16)27/h3-4,6,8,10-14H,2,5,7,9,15H2,1H3,(H,30,32). The van der Waals surface area contributed by atoms with E-state index < -0.39 is 0 Å². The number of ether oxygens (including phenoxy) is 1. The lowest BCUT2D eigenvalue weighted by Crippen LogP contribution is -2.24. The Balaban J connectivity index is 1.42. The van der Waals surface area contributed by atoms with Gasteiger partial charge in [-0.15, -0.1) is 11.3 Å². The molecule has 1 N–H and O–H groups in total. The molecule has 7 nitrogen and oxygen atoms in total. The molecule has 0 radical (unpaired) electrons. The van der Waals surface area contributed by atoms with Crippen molar-refractivity contribution < 1.29 is 9.53 Å². The highest BCUT2D eigenvalue weighted by Crippen LogP contribution is 2.36. The minimum atomic E-state index is -0.315. The molecule has 4 aromatic rings. The first-order valence-electron chi connectivity index (χ1n) is 11.5. The molecule has 2 aromatic carbocycles. The molecule has 2 aromatic heterocycles. The van der Waals surface area contributed by atoms with Gasteiger partial charge in [-0.1, -0.05) is 41.6 Å². The van der Waals surface area contributed by atoms with E-state index in [1.165, 1.54) is 22.9 Å².